The smallest absolute Gasteiger partial charge is 0.341 e. The van der Waals surface area contributed by atoms with Crippen molar-refractivity contribution in [2.24, 2.45) is 5.92 Å². The summed E-state index contributed by atoms with van der Waals surface area (Å²) in [7, 11) is -4.74. The number of rotatable bonds is 9. The molecule has 0 saturated heterocycles. The van der Waals surface area contributed by atoms with Gasteiger partial charge in [-0.25, -0.2) is 13.2 Å². The molecular weight excluding hydrogens is 446 g/mol. The van der Waals surface area contributed by atoms with Crippen LogP contribution in [0.3, 0.4) is 0 Å². The lowest BCUT2D eigenvalue weighted by Crippen LogP contribution is -2.45. The van der Waals surface area contributed by atoms with Gasteiger partial charge in [-0.3, -0.25) is 9.59 Å². The summed E-state index contributed by atoms with van der Waals surface area (Å²) in [5, 5.41) is 4.93. The van der Waals surface area contributed by atoms with E-state index in [2.05, 4.69) is 10.6 Å². The molecule has 0 fully saturated rings. The van der Waals surface area contributed by atoms with E-state index in [1.807, 2.05) is 0 Å². The third-order valence-electron chi connectivity index (χ3n) is 4.29. The third kappa shape index (κ3) is 6.58. The van der Waals surface area contributed by atoms with Crippen LogP contribution in [-0.4, -0.2) is 44.6 Å². The summed E-state index contributed by atoms with van der Waals surface area (Å²) < 4.78 is 52.9. The second kappa shape index (κ2) is 10.8. The highest BCUT2D eigenvalue weighted by atomic mass is 32.2. The van der Waals surface area contributed by atoms with Crippen molar-refractivity contribution in [2.45, 2.75) is 30.5 Å². The number of alkyl halides is 2. The van der Waals surface area contributed by atoms with Gasteiger partial charge < -0.3 is 15.4 Å². The monoisotopic (exact) mass is 468 g/mol. The van der Waals surface area contributed by atoms with E-state index < -0.39 is 50.9 Å². The molecule has 8 nitrogen and oxygen atoms in total. The highest BCUT2D eigenvalue weighted by Crippen LogP contribution is 2.20. The summed E-state index contributed by atoms with van der Waals surface area (Å²) in [6.07, 6.45) is 0. The Balaban J connectivity index is 1.93. The number of carbonyl (C=O) groups is 3. The lowest BCUT2D eigenvalue weighted by Gasteiger charge is -2.20. The van der Waals surface area contributed by atoms with Gasteiger partial charge in [-0.15, -0.1) is 0 Å². The average Bonchev–Trinajstić information content (AvgIpc) is 2.76. The average molecular weight is 468 g/mol. The number of ether oxygens (including phenoxy) is 1. The molecule has 0 unspecified atom stereocenters. The highest BCUT2D eigenvalue weighted by Gasteiger charge is 2.27. The number of anilines is 1. The number of halogens is 2. The summed E-state index contributed by atoms with van der Waals surface area (Å²) in [6, 6.07) is 11.4. The van der Waals surface area contributed by atoms with Crippen LogP contribution in [0, 0.1) is 5.92 Å². The molecule has 11 heteroatoms. The first-order valence-corrected chi connectivity index (χ1v) is 11.0. The van der Waals surface area contributed by atoms with Crippen molar-refractivity contribution in [2.75, 3.05) is 11.9 Å². The zero-order chi connectivity index (χ0) is 23.9. The van der Waals surface area contributed by atoms with Gasteiger partial charge in [-0.2, -0.15) is 8.78 Å². The highest BCUT2D eigenvalue weighted by molar-refractivity contribution is 7.91. The number of sulfone groups is 1. The van der Waals surface area contributed by atoms with E-state index in [0.29, 0.717) is 5.56 Å². The fourth-order valence-electron chi connectivity index (χ4n) is 2.57. The minimum atomic E-state index is -4.74. The van der Waals surface area contributed by atoms with Crippen LogP contribution in [0.25, 0.3) is 0 Å². The van der Waals surface area contributed by atoms with Crippen molar-refractivity contribution in [1.82, 2.24) is 5.32 Å². The van der Waals surface area contributed by atoms with Crippen LogP contribution in [-0.2, 0) is 24.2 Å². The molecule has 32 heavy (non-hydrogen) atoms. The number of benzene rings is 2. The normalized spacial score (nSPS) is 12.3. The van der Waals surface area contributed by atoms with Crippen LogP contribution >= 0.6 is 0 Å². The fraction of sp³-hybridized carbons (Fsp3) is 0.286. The van der Waals surface area contributed by atoms with Gasteiger partial charge in [0, 0.05) is 11.3 Å². The Bertz CT molecular complexity index is 1060. The standard InChI is InChI=1S/C21H22F2N2O6S/c1-13(2)18(25-19(27)14-6-4-3-5-7-14)20(28)31-12-17(26)24-15-8-10-16(11-9-15)32(29,30)21(22)23/h3-11,13,18,21H,12H2,1-2H3,(H,24,26)(H,25,27)/t18-/m0/s1. The van der Waals surface area contributed by atoms with Gasteiger partial charge in [0.2, 0.25) is 9.84 Å². The lowest BCUT2D eigenvalue weighted by molar-refractivity contribution is -0.150. The van der Waals surface area contributed by atoms with Crippen LogP contribution in [0.2, 0.25) is 0 Å². The van der Waals surface area contributed by atoms with E-state index in [-0.39, 0.29) is 11.6 Å². The van der Waals surface area contributed by atoms with Gasteiger partial charge in [0.1, 0.15) is 6.04 Å². The zero-order valence-corrected chi connectivity index (χ0v) is 18.1. The van der Waals surface area contributed by atoms with E-state index in [0.717, 1.165) is 24.3 Å². The minimum Gasteiger partial charge on any atom is -0.454 e. The van der Waals surface area contributed by atoms with Gasteiger partial charge in [-0.05, 0) is 42.3 Å². The maximum atomic E-state index is 12.6. The number of esters is 1. The van der Waals surface area contributed by atoms with Crippen molar-refractivity contribution < 1.29 is 36.3 Å². The Hall–Kier alpha value is -3.34. The van der Waals surface area contributed by atoms with Crippen LogP contribution in [0.5, 0.6) is 0 Å². The first kappa shape index (κ1) is 24.9. The predicted octanol–water partition coefficient (Wildman–Crippen LogP) is 2.62. The van der Waals surface area contributed by atoms with Crippen molar-refractivity contribution in [1.29, 1.82) is 0 Å². The van der Waals surface area contributed by atoms with Crippen LogP contribution in [0.4, 0.5) is 14.5 Å². The molecule has 172 valence electrons. The molecule has 0 aliphatic heterocycles. The Labute approximate surface area is 183 Å². The Morgan fingerprint density at radius 1 is 0.969 bits per heavy atom. The molecule has 0 bridgehead atoms. The second-order valence-corrected chi connectivity index (χ2v) is 8.96. The topological polar surface area (TPSA) is 119 Å². The molecule has 0 aromatic heterocycles. The van der Waals surface area contributed by atoms with Gasteiger partial charge in [-0.1, -0.05) is 32.0 Å². The summed E-state index contributed by atoms with van der Waals surface area (Å²) in [4.78, 5) is 36.1. The molecule has 2 rings (SSSR count). The summed E-state index contributed by atoms with van der Waals surface area (Å²) in [6.45, 7) is 2.74. The molecule has 0 aliphatic rings. The number of nitrogens with one attached hydrogen (secondary N) is 2. The number of hydrogen-bond acceptors (Lipinski definition) is 6. The van der Waals surface area contributed by atoms with Crippen molar-refractivity contribution in [3.8, 4) is 0 Å². The van der Waals surface area contributed by atoms with Crippen molar-refractivity contribution in [3.05, 3.63) is 60.2 Å². The first-order valence-electron chi connectivity index (χ1n) is 9.47. The number of hydrogen-bond donors (Lipinski definition) is 2. The van der Waals surface area contributed by atoms with E-state index in [1.54, 1.807) is 44.2 Å². The van der Waals surface area contributed by atoms with Gasteiger partial charge in [0.25, 0.3) is 11.8 Å². The maximum Gasteiger partial charge on any atom is 0.341 e. The number of amides is 2. The van der Waals surface area contributed by atoms with E-state index in [9.17, 15) is 31.6 Å². The molecule has 2 N–H and O–H groups in total. The summed E-state index contributed by atoms with van der Waals surface area (Å²) in [5.74, 6) is -5.89. The third-order valence-corrected chi connectivity index (χ3v) is 5.69. The molecular formula is C21H22F2N2O6S. The van der Waals surface area contributed by atoms with Crippen LogP contribution < -0.4 is 10.6 Å². The Kier molecular flexibility index (Phi) is 8.41. The Morgan fingerprint density at radius 2 is 1.56 bits per heavy atom. The van der Waals surface area contributed by atoms with E-state index in [1.165, 1.54) is 0 Å². The van der Waals surface area contributed by atoms with Gasteiger partial charge >= 0.3 is 11.7 Å². The minimum absolute atomic E-state index is 0.122. The molecule has 0 heterocycles. The lowest BCUT2D eigenvalue weighted by atomic mass is 10.0. The Morgan fingerprint density at radius 3 is 2.09 bits per heavy atom. The van der Waals surface area contributed by atoms with E-state index >= 15 is 0 Å². The SMILES string of the molecule is CC(C)[C@H](NC(=O)c1ccccc1)C(=O)OCC(=O)Nc1ccc(S(=O)(=O)C(F)F)cc1. The van der Waals surface area contributed by atoms with Crippen molar-refractivity contribution in [3.63, 3.8) is 0 Å². The molecule has 2 amide bonds. The maximum absolute atomic E-state index is 12.6. The summed E-state index contributed by atoms with van der Waals surface area (Å²) in [5.41, 5.74) is 0.484. The van der Waals surface area contributed by atoms with Crippen molar-refractivity contribution >= 4 is 33.3 Å². The molecule has 2 aromatic carbocycles. The molecule has 1 atom stereocenters. The largest absolute Gasteiger partial charge is 0.454 e. The predicted molar refractivity (Wildman–Crippen MR) is 112 cm³/mol. The zero-order valence-electron chi connectivity index (χ0n) is 17.2. The summed E-state index contributed by atoms with van der Waals surface area (Å²) >= 11 is 0. The molecule has 0 radical (unpaired) electrons. The molecule has 0 spiro atoms. The van der Waals surface area contributed by atoms with Crippen LogP contribution in [0.15, 0.2) is 59.5 Å². The van der Waals surface area contributed by atoms with Gasteiger partial charge in [0.15, 0.2) is 6.61 Å². The molecule has 0 aliphatic carbocycles. The second-order valence-electron chi connectivity index (χ2n) is 7.05. The first-order chi connectivity index (χ1) is 15.0. The molecule has 0 saturated carbocycles. The van der Waals surface area contributed by atoms with Crippen LogP contribution in [0.1, 0.15) is 24.2 Å². The molecule has 2 aromatic rings. The van der Waals surface area contributed by atoms with E-state index in [4.69, 9.17) is 4.74 Å². The fourth-order valence-corrected chi connectivity index (χ4v) is 3.29. The van der Waals surface area contributed by atoms with Gasteiger partial charge in [0.05, 0.1) is 4.90 Å². The number of carbonyl (C=O) groups excluding carboxylic acids is 3. The quantitative estimate of drug-likeness (QED) is 0.546.